The summed E-state index contributed by atoms with van der Waals surface area (Å²) in [5.41, 5.74) is 6.60. The van der Waals surface area contributed by atoms with Gasteiger partial charge in [0, 0.05) is 0 Å². The summed E-state index contributed by atoms with van der Waals surface area (Å²) in [5, 5.41) is 0. The highest BCUT2D eigenvalue weighted by atomic mass is 32.2. The van der Waals surface area contributed by atoms with Crippen molar-refractivity contribution in [2.45, 2.75) is 26.2 Å². The first-order valence-corrected chi connectivity index (χ1v) is 9.87. The molecule has 0 saturated carbocycles. The van der Waals surface area contributed by atoms with Gasteiger partial charge in [0.15, 0.2) is 0 Å². The minimum atomic E-state index is -3.88. The van der Waals surface area contributed by atoms with Crippen LogP contribution in [0.1, 0.15) is 36.5 Å². The first kappa shape index (κ1) is 16.9. The van der Waals surface area contributed by atoms with Crippen molar-refractivity contribution in [3.8, 4) is 11.1 Å². The fourth-order valence-electron chi connectivity index (χ4n) is 3.37. The Morgan fingerprint density at radius 1 is 1.12 bits per heavy atom. The van der Waals surface area contributed by atoms with E-state index in [1.165, 1.54) is 27.8 Å². The van der Waals surface area contributed by atoms with Crippen molar-refractivity contribution >= 4 is 16.2 Å². The molecule has 1 aliphatic rings. The van der Waals surface area contributed by atoms with Gasteiger partial charge in [-0.15, -0.1) is 0 Å². The van der Waals surface area contributed by atoms with Gasteiger partial charge in [0.25, 0.3) is 10.1 Å². The second kappa shape index (κ2) is 6.91. The summed E-state index contributed by atoms with van der Waals surface area (Å²) >= 11 is 0. The highest BCUT2D eigenvalue weighted by molar-refractivity contribution is 7.85. The average molecular weight is 342 g/mol. The van der Waals surface area contributed by atoms with Crippen molar-refractivity contribution in [2.75, 3.05) is 5.75 Å². The van der Waals surface area contributed by atoms with Gasteiger partial charge in [-0.25, -0.2) is 0 Å². The van der Waals surface area contributed by atoms with E-state index in [1.54, 1.807) is 0 Å². The van der Waals surface area contributed by atoms with Crippen LogP contribution >= 0.6 is 0 Å². The zero-order valence-electron chi connectivity index (χ0n) is 13.8. The SMILES string of the molecule is CC(CCC=Cc1cccc2c1Cc1ccccc1-2)CS(=O)(=O)O. The maximum absolute atomic E-state index is 10.9. The Morgan fingerprint density at radius 2 is 1.88 bits per heavy atom. The first-order chi connectivity index (χ1) is 11.4. The minimum Gasteiger partial charge on any atom is -0.286 e. The number of hydrogen-bond acceptors (Lipinski definition) is 2. The summed E-state index contributed by atoms with van der Waals surface area (Å²) in [7, 11) is -3.88. The molecule has 0 heterocycles. The Labute approximate surface area is 143 Å². The number of allylic oxidation sites excluding steroid dienone is 1. The predicted octanol–water partition coefficient (Wildman–Crippen LogP) is 4.58. The van der Waals surface area contributed by atoms with Crippen LogP contribution in [-0.4, -0.2) is 18.7 Å². The van der Waals surface area contributed by atoms with E-state index in [4.69, 9.17) is 4.55 Å². The van der Waals surface area contributed by atoms with E-state index in [1.807, 2.05) is 6.92 Å². The molecule has 126 valence electrons. The summed E-state index contributed by atoms with van der Waals surface area (Å²) in [6, 6.07) is 14.9. The zero-order valence-corrected chi connectivity index (χ0v) is 14.6. The van der Waals surface area contributed by atoms with Gasteiger partial charge < -0.3 is 0 Å². The van der Waals surface area contributed by atoms with Crippen LogP contribution in [0.4, 0.5) is 0 Å². The first-order valence-electron chi connectivity index (χ1n) is 8.26. The van der Waals surface area contributed by atoms with Gasteiger partial charge in [0.2, 0.25) is 0 Å². The van der Waals surface area contributed by atoms with Crippen LogP contribution in [0.3, 0.4) is 0 Å². The second-order valence-electron chi connectivity index (χ2n) is 6.54. The van der Waals surface area contributed by atoms with Crippen LogP contribution in [0.15, 0.2) is 48.5 Å². The molecule has 3 rings (SSSR count). The van der Waals surface area contributed by atoms with Gasteiger partial charge in [-0.2, -0.15) is 8.42 Å². The summed E-state index contributed by atoms with van der Waals surface area (Å²) in [4.78, 5) is 0. The molecule has 3 nitrogen and oxygen atoms in total. The number of hydrogen-bond donors (Lipinski definition) is 1. The second-order valence-corrected chi connectivity index (χ2v) is 8.04. The van der Waals surface area contributed by atoms with Crippen LogP contribution in [0, 0.1) is 5.92 Å². The molecule has 24 heavy (non-hydrogen) atoms. The monoisotopic (exact) mass is 342 g/mol. The van der Waals surface area contributed by atoms with Crippen LogP contribution < -0.4 is 0 Å². The molecule has 0 saturated heterocycles. The molecule has 1 atom stereocenters. The van der Waals surface area contributed by atoms with E-state index in [9.17, 15) is 8.42 Å². The van der Waals surface area contributed by atoms with E-state index in [0.717, 1.165) is 19.3 Å². The van der Waals surface area contributed by atoms with E-state index in [0.29, 0.717) is 0 Å². The van der Waals surface area contributed by atoms with Gasteiger partial charge in [-0.3, -0.25) is 4.55 Å². The standard InChI is InChI=1S/C20H22O3S/c1-15(14-24(21,22)23)7-2-3-8-16-10-6-12-19-18-11-5-4-9-17(18)13-20(16)19/h3-6,8-12,15H,2,7,13-14H2,1H3,(H,21,22,23). The molecule has 0 amide bonds. The largest absolute Gasteiger partial charge is 0.286 e. The van der Waals surface area contributed by atoms with Crippen LogP contribution in [0.25, 0.3) is 17.2 Å². The Bertz CT molecular complexity index is 866. The van der Waals surface area contributed by atoms with Gasteiger partial charge in [-0.05, 0) is 53.0 Å². The zero-order chi connectivity index (χ0) is 17.2. The third-order valence-electron chi connectivity index (χ3n) is 4.51. The Hall–Kier alpha value is -1.91. The molecule has 0 aliphatic heterocycles. The quantitative estimate of drug-likeness (QED) is 0.667. The molecule has 2 aromatic rings. The molecule has 1 aliphatic carbocycles. The Balaban J connectivity index is 1.67. The Morgan fingerprint density at radius 3 is 2.67 bits per heavy atom. The number of rotatable bonds is 6. The van der Waals surface area contributed by atoms with Crippen molar-refractivity contribution in [2.24, 2.45) is 5.92 Å². The maximum atomic E-state index is 10.9. The fourth-order valence-corrected chi connectivity index (χ4v) is 4.26. The Kier molecular flexibility index (Phi) is 4.88. The normalized spacial score (nSPS) is 14.6. The molecule has 0 aromatic heterocycles. The molecule has 2 aromatic carbocycles. The summed E-state index contributed by atoms with van der Waals surface area (Å²) < 4.78 is 30.6. The van der Waals surface area contributed by atoms with Crippen molar-refractivity contribution in [1.82, 2.24) is 0 Å². The lowest BCUT2D eigenvalue weighted by Gasteiger charge is -2.07. The van der Waals surface area contributed by atoms with E-state index in [-0.39, 0.29) is 11.7 Å². The van der Waals surface area contributed by atoms with Gasteiger partial charge in [0.1, 0.15) is 0 Å². The highest BCUT2D eigenvalue weighted by Crippen LogP contribution is 2.38. The van der Waals surface area contributed by atoms with Crippen molar-refractivity contribution in [3.05, 3.63) is 65.2 Å². The van der Waals surface area contributed by atoms with Crippen LogP contribution in [-0.2, 0) is 16.5 Å². The average Bonchev–Trinajstić information content (AvgIpc) is 2.89. The number of benzene rings is 2. The predicted molar refractivity (Wildman–Crippen MR) is 98.5 cm³/mol. The van der Waals surface area contributed by atoms with Gasteiger partial charge >= 0.3 is 0 Å². The molecule has 1 N–H and O–H groups in total. The maximum Gasteiger partial charge on any atom is 0.265 e. The lowest BCUT2D eigenvalue weighted by Crippen LogP contribution is -2.12. The molecule has 0 spiro atoms. The van der Waals surface area contributed by atoms with E-state index in [2.05, 4.69) is 54.6 Å². The van der Waals surface area contributed by atoms with Crippen LogP contribution in [0.5, 0.6) is 0 Å². The molecule has 1 unspecified atom stereocenters. The van der Waals surface area contributed by atoms with E-state index < -0.39 is 10.1 Å². The molecular weight excluding hydrogens is 320 g/mol. The lowest BCUT2D eigenvalue weighted by molar-refractivity contribution is 0.464. The smallest absolute Gasteiger partial charge is 0.265 e. The van der Waals surface area contributed by atoms with Crippen molar-refractivity contribution in [3.63, 3.8) is 0 Å². The summed E-state index contributed by atoms with van der Waals surface area (Å²) in [6.45, 7) is 1.85. The van der Waals surface area contributed by atoms with Gasteiger partial charge in [-0.1, -0.05) is 61.5 Å². The molecular formula is C20H22O3S. The van der Waals surface area contributed by atoms with E-state index >= 15 is 0 Å². The number of fused-ring (bicyclic) bond motifs is 3. The van der Waals surface area contributed by atoms with Gasteiger partial charge in [0.05, 0.1) is 5.75 Å². The molecule has 4 heteroatoms. The lowest BCUT2D eigenvalue weighted by atomic mass is 10.00. The topological polar surface area (TPSA) is 54.4 Å². The summed E-state index contributed by atoms with van der Waals surface area (Å²) in [5.74, 6) is -0.216. The third kappa shape index (κ3) is 3.94. The minimum absolute atomic E-state index is 0.0459. The summed E-state index contributed by atoms with van der Waals surface area (Å²) in [6.07, 6.45) is 6.73. The highest BCUT2D eigenvalue weighted by Gasteiger charge is 2.19. The molecule has 0 bridgehead atoms. The fraction of sp³-hybridized carbons (Fsp3) is 0.300. The van der Waals surface area contributed by atoms with Crippen molar-refractivity contribution < 1.29 is 13.0 Å². The molecule has 0 fully saturated rings. The third-order valence-corrected chi connectivity index (χ3v) is 5.50. The molecule has 0 radical (unpaired) electrons. The van der Waals surface area contributed by atoms with Crippen molar-refractivity contribution in [1.29, 1.82) is 0 Å². The van der Waals surface area contributed by atoms with Crippen LogP contribution in [0.2, 0.25) is 0 Å².